The zero-order valence-electron chi connectivity index (χ0n) is 11.2. The Morgan fingerprint density at radius 2 is 2.28 bits per heavy atom. The minimum atomic E-state index is 0.420. The molecule has 0 spiro atoms. The maximum Gasteiger partial charge on any atom is 0.102 e. The number of nitriles is 1. The Labute approximate surface area is 114 Å². The van der Waals surface area contributed by atoms with Crippen molar-refractivity contribution in [3.05, 3.63) is 23.8 Å². The SMILES string of the molecule is CCSc1cccc(NCC(C)COC)c1C#N. The molecule has 0 aliphatic heterocycles. The van der Waals surface area contributed by atoms with E-state index >= 15 is 0 Å². The maximum absolute atomic E-state index is 9.27. The van der Waals surface area contributed by atoms with Crippen molar-refractivity contribution in [1.29, 1.82) is 5.26 Å². The molecule has 0 aromatic heterocycles. The Kier molecular flexibility index (Phi) is 6.63. The van der Waals surface area contributed by atoms with E-state index in [1.807, 2.05) is 18.2 Å². The quantitative estimate of drug-likeness (QED) is 0.767. The molecule has 1 unspecified atom stereocenters. The molecule has 1 aromatic carbocycles. The second kappa shape index (κ2) is 8.02. The fourth-order valence-corrected chi connectivity index (χ4v) is 2.48. The number of ether oxygens (including phenoxy) is 1. The summed E-state index contributed by atoms with van der Waals surface area (Å²) < 4.78 is 5.10. The van der Waals surface area contributed by atoms with Crippen molar-refractivity contribution in [1.82, 2.24) is 0 Å². The first-order valence-electron chi connectivity index (χ1n) is 6.11. The fourth-order valence-electron chi connectivity index (χ4n) is 1.70. The Hall–Kier alpha value is -1.18. The molecular formula is C14H20N2OS. The van der Waals surface area contributed by atoms with E-state index in [-0.39, 0.29) is 0 Å². The fraction of sp³-hybridized carbons (Fsp3) is 0.500. The average Bonchev–Trinajstić information content (AvgIpc) is 2.37. The van der Waals surface area contributed by atoms with Crippen LogP contribution in [-0.4, -0.2) is 26.0 Å². The maximum atomic E-state index is 9.27. The molecule has 1 rings (SSSR count). The van der Waals surface area contributed by atoms with Crippen molar-refractivity contribution in [2.24, 2.45) is 5.92 Å². The van der Waals surface area contributed by atoms with Gasteiger partial charge in [-0.1, -0.05) is 19.9 Å². The standard InChI is InChI=1S/C14H20N2OS/c1-4-18-14-7-5-6-13(12(14)8-15)16-9-11(2)10-17-3/h5-7,11,16H,4,9-10H2,1-3H3. The van der Waals surface area contributed by atoms with E-state index in [0.717, 1.165) is 35.1 Å². The molecule has 0 fully saturated rings. The monoisotopic (exact) mass is 264 g/mol. The van der Waals surface area contributed by atoms with Gasteiger partial charge in [-0.3, -0.25) is 0 Å². The van der Waals surface area contributed by atoms with Crippen molar-refractivity contribution >= 4 is 17.4 Å². The molecule has 0 amide bonds. The smallest absolute Gasteiger partial charge is 0.102 e. The van der Waals surface area contributed by atoms with E-state index in [9.17, 15) is 5.26 Å². The van der Waals surface area contributed by atoms with Crippen LogP contribution in [-0.2, 0) is 4.74 Å². The largest absolute Gasteiger partial charge is 0.384 e. The molecular weight excluding hydrogens is 244 g/mol. The molecule has 0 aliphatic carbocycles. The van der Waals surface area contributed by atoms with Crippen molar-refractivity contribution in [2.45, 2.75) is 18.7 Å². The first-order chi connectivity index (χ1) is 8.72. The Bertz CT molecular complexity index is 415. The van der Waals surface area contributed by atoms with Gasteiger partial charge in [0.15, 0.2) is 0 Å². The Balaban J connectivity index is 2.76. The lowest BCUT2D eigenvalue weighted by Crippen LogP contribution is -2.16. The van der Waals surface area contributed by atoms with Crippen molar-refractivity contribution < 1.29 is 4.74 Å². The highest BCUT2D eigenvalue weighted by atomic mass is 32.2. The molecule has 0 heterocycles. The van der Waals surface area contributed by atoms with Crippen LogP contribution in [0.4, 0.5) is 5.69 Å². The van der Waals surface area contributed by atoms with Crippen LogP contribution in [0.5, 0.6) is 0 Å². The number of benzene rings is 1. The van der Waals surface area contributed by atoms with Gasteiger partial charge >= 0.3 is 0 Å². The summed E-state index contributed by atoms with van der Waals surface area (Å²) in [5.41, 5.74) is 1.66. The lowest BCUT2D eigenvalue weighted by atomic mass is 10.1. The predicted octanol–water partition coefficient (Wildman–Crippen LogP) is 3.36. The number of methoxy groups -OCH3 is 1. The van der Waals surface area contributed by atoms with Gasteiger partial charge in [-0.05, 0) is 23.8 Å². The van der Waals surface area contributed by atoms with Crippen LogP contribution >= 0.6 is 11.8 Å². The third-order valence-corrected chi connectivity index (χ3v) is 3.47. The third kappa shape index (κ3) is 4.25. The van der Waals surface area contributed by atoms with Gasteiger partial charge in [0.1, 0.15) is 6.07 Å². The molecule has 0 bridgehead atoms. The summed E-state index contributed by atoms with van der Waals surface area (Å²) in [6, 6.07) is 8.23. The van der Waals surface area contributed by atoms with Gasteiger partial charge in [-0.15, -0.1) is 11.8 Å². The van der Waals surface area contributed by atoms with E-state index < -0.39 is 0 Å². The van der Waals surface area contributed by atoms with Crippen LogP contribution in [0, 0.1) is 17.2 Å². The summed E-state index contributed by atoms with van der Waals surface area (Å²) in [4.78, 5) is 1.05. The summed E-state index contributed by atoms with van der Waals surface area (Å²) in [5, 5.41) is 12.6. The highest BCUT2D eigenvalue weighted by molar-refractivity contribution is 7.99. The second-order valence-corrected chi connectivity index (χ2v) is 5.47. The molecule has 3 nitrogen and oxygen atoms in total. The highest BCUT2D eigenvalue weighted by Gasteiger charge is 2.09. The van der Waals surface area contributed by atoms with Gasteiger partial charge in [0.05, 0.1) is 17.9 Å². The predicted molar refractivity (Wildman–Crippen MR) is 77.1 cm³/mol. The van der Waals surface area contributed by atoms with Crippen LogP contribution in [0.2, 0.25) is 0 Å². The van der Waals surface area contributed by atoms with Gasteiger partial charge in [-0.2, -0.15) is 5.26 Å². The van der Waals surface area contributed by atoms with E-state index in [2.05, 4.69) is 25.2 Å². The molecule has 98 valence electrons. The van der Waals surface area contributed by atoms with Crippen LogP contribution < -0.4 is 5.32 Å². The third-order valence-electron chi connectivity index (χ3n) is 2.53. The summed E-state index contributed by atoms with van der Waals surface area (Å²) in [5.74, 6) is 1.39. The minimum absolute atomic E-state index is 0.420. The lowest BCUT2D eigenvalue weighted by molar-refractivity contribution is 0.164. The van der Waals surface area contributed by atoms with Crippen LogP contribution in [0.3, 0.4) is 0 Å². The molecule has 1 aromatic rings. The van der Waals surface area contributed by atoms with Gasteiger partial charge in [-0.25, -0.2) is 0 Å². The van der Waals surface area contributed by atoms with Crippen LogP contribution in [0.15, 0.2) is 23.1 Å². The summed E-state index contributed by atoms with van der Waals surface area (Å²) in [7, 11) is 1.70. The van der Waals surface area contributed by atoms with Crippen molar-refractivity contribution in [2.75, 3.05) is 31.3 Å². The van der Waals surface area contributed by atoms with Gasteiger partial charge < -0.3 is 10.1 Å². The molecule has 0 saturated carbocycles. The van der Waals surface area contributed by atoms with E-state index in [4.69, 9.17) is 4.74 Å². The first kappa shape index (κ1) is 14.9. The molecule has 1 atom stereocenters. The second-order valence-electron chi connectivity index (χ2n) is 4.16. The number of nitrogens with one attached hydrogen (secondary N) is 1. The minimum Gasteiger partial charge on any atom is -0.384 e. The molecule has 0 radical (unpaired) electrons. The molecule has 18 heavy (non-hydrogen) atoms. The number of thioether (sulfide) groups is 1. The van der Waals surface area contributed by atoms with Gasteiger partial charge in [0, 0.05) is 18.6 Å². The first-order valence-corrected chi connectivity index (χ1v) is 7.10. The summed E-state index contributed by atoms with van der Waals surface area (Å²) in [6.07, 6.45) is 0. The molecule has 4 heteroatoms. The van der Waals surface area contributed by atoms with E-state index in [0.29, 0.717) is 5.92 Å². The van der Waals surface area contributed by atoms with E-state index in [1.54, 1.807) is 18.9 Å². The van der Waals surface area contributed by atoms with E-state index in [1.165, 1.54) is 0 Å². The van der Waals surface area contributed by atoms with Gasteiger partial charge in [0.2, 0.25) is 0 Å². The highest BCUT2D eigenvalue weighted by Crippen LogP contribution is 2.27. The average molecular weight is 264 g/mol. The van der Waals surface area contributed by atoms with Gasteiger partial charge in [0.25, 0.3) is 0 Å². The van der Waals surface area contributed by atoms with Crippen LogP contribution in [0.25, 0.3) is 0 Å². The topological polar surface area (TPSA) is 45.0 Å². The Morgan fingerprint density at radius 1 is 1.50 bits per heavy atom. The number of hydrogen-bond donors (Lipinski definition) is 1. The summed E-state index contributed by atoms with van der Waals surface area (Å²) in [6.45, 7) is 5.74. The lowest BCUT2D eigenvalue weighted by Gasteiger charge is -2.14. The van der Waals surface area contributed by atoms with Crippen LogP contribution in [0.1, 0.15) is 19.4 Å². The summed E-state index contributed by atoms with van der Waals surface area (Å²) >= 11 is 1.70. The van der Waals surface area contributed by atoms with Crippen molar-refractivity contribution in [3.8, 4) is 6.07 Å². The normalized spacial score (nSPS) is 11.9. The van der Waals surface area contributed by atoms with Crippen molar-refractivity contribution in [3.63, 3.8) is 0 Å². The Morgan fingerprint density at radius 3 is 2.89 bits per heavy atom. The number of hydrogen-bond acceptors (Lipinski definition) is 4. The number of rotatable bonds is 7. The number of anilines is 1. The zero-order valence-corrected chi connectivity index (χ0v) is 12.0. The molecule has 0 saturated heterocycles. The molecule has 1 N–H and O–H groups in total. The number of nitrogens with zero attached hydrogens (tertiary/aromatic N) is 1. The zero-order chi connectivity index (χ0) is 13.4. The molecule has 0 aliphatic rings.